The Morgan fingerprint density at radius 3 is 2.72 bits per heavy atom. The van der Waals surface area contributed by atoms with E-state index in [0.29, 0.717) is 12.2 Å². The minimum Gasteiger partial charge on any atom is -0.495 e. The quantitative estimate of drug-likeness (QED) is 0.586. The number of methoxy groups -OCH3 is 1. The third kappa shape index (κ3) is 2.97. The predicted octanol–water partition coefficient (Wildman–Crippen LogP) is 4.81. The van der Waals surface area contributed by atoms with E-state index < -0.39 is 10.0 Å². The van der Waals surface area contributed by atoms with Gasteiger partial charge in [0.2, 0.25) is 0 Å². The van der Waals surface area contributed by atoms with Crippen LogP contribution < -0.4 is 9.46 Å². The van der Waals surface area contributed by atoms with Crippen LogP contribution >= 0.6 is 15.9 Å². The standard InChI is InChI=1S/C21H19BrN2O4S/c1-12-3-6-17(27-2)18(9-12)29(25,26)24-20-15-11-21(7-8-21)16-5-4-13(22)10-14(16)19(15)28-23-20/h3-6,9-10H,7-8,11H2,1-2H3,(H,23,24). The molecular formula is C21H19BrN2O4S. The van der Waals surface area contributed by atoms with Crippen molar-refractivity contribution in [2.24, 2.45) is 0 Å². The lowest BCUT2D eigenvalue weighted by Crippen LogP contribution is -2.20. The third-order valence-corrected chi connectivity index (χ3v) is 7.65. The number of hydrogen-bond acceptors (Lipinski definition) is 5. The number of benzene rings is 2. The molecule has 1 saturated carbocycles. The van der Waals surface area contributed by atoms with Gasteiger partial charge in [-0.05, 0) is 61.6 Å². The number of aryl methyl sites for hydroxylation is 1. The summed E-state index contributed by atoms with van der Waals surface area (Å²) in [7, 11) is -2.44. The van der Waals surface area contributed by atoms with E-state index in [4.69, 9.17) is 9.26 Å². The van der Waals surface area contributed by atoms with Gasteiger partial charge in [0, 0.05) is 21.0 Å². The number of nitrogens with zero attached hydrogens (tertiary/aromatic N) is 1. The highest BCUT2D eigenvalue weighted by molar-refractivity contribution is 9.10. The highest BCUT2D eigenvalue weighted by Gasteiger charge is 2.50. The lowest BCUT2D eigenvalue weighted by Gasteiger charge is -2.24. The Balaban J connectivity index is 1.59. The van der Waals surface area contributed by atoms with E-state index in [1.165, 1.54) is 12.7 Å². The minimum atomic E-state index is -3.89. The van der Waals surface area contributed by atoms with Crippen LogP contribution in [0.15, 0.2) is 50.3 Å². The Hall–Kier alpha value is -2.32. The molecule has 0 radical (unpaired) electrons. The first-order valence-corrected chi connectivity index (χ1v) is 11.6. The van der Waals surface area contributed by atoms with Crippen molar-refractivity contribution in [2.45, 2.75) is 36.5 Å². The van der Waals surface area contributed by atoms with Crippen molar-refractivity contribution in [3.8, 4) is 17.1 Å². The van der Waals surface area contributed by atoms with E-state index in [-0.39, 0.29) is 21.9 Å². The molecule has 5 rings (SSSR count). The normalized spacial score (nSPS) is 16.2. The molecule has 2 aromatic carbocycles. The summed E-state index contributed by atoms with van der Waals surface area (Å²) in [5.41, 5.74) is 3.91. The van der Waals surface area contributed by atoms with Crippen molar-refractivity contribution in [3.63, 3.8) is 0 Å². The van der Waals surface area contributed by atoms with Crippen LogP contribution in [0.1, 0.15) is 29.5 Å². The van der Waals surface area contributed by atoms with Crippen molar-refractivity contribution in [1.29, 1.82) is 0 Å². The number of aromatic nitrogens is 1. The zero-order chi connectivity index (χ0) is 20.4. The van der Waals surface area contributed by atoms with Crippen LogP contribution in [0.5, 0.6) is 5.75 Å². The number of sulfonamides is 1. The van der Waals surface area contributed by atoms with Crippen molar-refractivity contribution in [3.05, 3.63) is 57.6 Å². The summed E-state index contributed by atoms with van der Waals surface area (Å²) in [6, 6.07) is 11.2. The number of ether oxygens (including phenoxy) is 1. The summed E-state index contributed by atoms with van der Waals surface area (Å²) in [6.45, 7) is 1.84. The maximum atomic E-state index is 13.1. The molecule has 0 aliphatic heterocycles. The monoisotopic (exact) mass is 474 g/mol. The van der Waals surface area contributed by atoms with Gasteiger partial charge >= 0.3 is 0 Å². The second-order valence-electron chi connectivity index (χ2n) is 7.75. The van der Waals surface area contributed by atoms with Gasteiger partial charge in [-0.3, -0.25) is 4.72 Å². The fourth-order valence-corrected chi connectivity index (χ4v) is 5.78. The largest absolute Gasteiger partial charge is 0.495 e. The molecular weight excluding hydrogens is 456 g/mol. The van der Waals surface area contributed by atoms with E-state index in [2.05, 4.69) is 31.9 Å². The number of anilines is 1. The van der Waals surface area contributed by atoms with E-state index in [0.717, 1.165) is 34.0 Å². The van der Waals surface area contributed by atoms with Crippen LogP contribution in [0.2, 0.25) is 0 Å². The number of fused-ring (bicyclic) bond motifs is 4. The summed E-state index contributed by atoms with van der Waals surface area (Å²) in [4.78, 5) is 0.0804. The van der Waals surface area contributed by atoms with Crippen LogP contribution in [0.25, 0.3) is 11.3 Å². The Bertz CT molecular complexity index is 1250. The minimum absolute atomic E-state index is 0.0514. The highest BCUT2D eigenvalue weighted by atomic mass is 79.9. The molecule has 1 N–H and O–H groups in total. The molecule has 2 aliphatic carbocycles. The molecule has 0 bridgehead atoms. The smallest absolute Gasteiger partial charge is 0.266 e. The zero-order valence-corrected chi connectivity index (χ0v) is 18.4. The second-order valence-corrected chi connectivity index (χ2v) is 10.3. The van der Waals surface area contributed by atoms with Crippen LogP contribution in [0.3, 0.4) is 0 Å². The molecule has 0 atom stereocenters. The molecule has 1 heterocycles. The first-order valence-electron chi connectivity index (χ1n) is 9.29. The predicted molar refractivity (Wildman–Crippen MR) is 113 cm³/mol. The number of hydrogen-bond donors (Lipinski definition) is 1. The van der Waals surface area contributed by atoms with Gasteiger partial charge in [0.1, 0.15) is 10.6 Å². The maximum Gasteiger partial charge on any atom is 0.266 e. The van der Waals surface area contributed by atoms with Gasteiger partial charge in [-0.15, -0.1) is 0 Å². The molecule has 0 unspecified atom stereocenters. The summed E-state index contributed by atoms with van der Waals surface area (Å²) in [5, 5.41) is 4.09. The third-order valence-electron chi connectivity index (χ3n) is 5.79. The first kappa shape index (κ1) is 18.7. The Morgan fingerprint density at radius 1 is 1.21 bits per heavy atom. The van der Waals surface area contributed by atoms with E-state index in [9.17, 15) is 8.42 Å². The number of rotatable bonds is 4. The SMILES string of the molecule is COc1ccc(C)cc1S(=O)(=O)Nc1noc2c1CC1(CC1)c1ccc(Br)cc1-2. The Morgan fingerprint density at radius 2 is 2.00 bits per heavy atom. The topological polar surface area (TPSA) is 81.4 Å². The molecule has 150 valence electrons. The summed E-state index contributed by atoms with van der Waals surface area (Å²) in [6.07, 6.45) is 2.86. The maximum absolute atomic E-state index is 13.1. The van der Waals surface area contributed by atoms with E-state index >= 15 is 0 Å². The van der Waals surface area contributed by atoms with Gasteiger partial charge in [0.25, 0.3) is 10.0 Å². The second kappa shape index (κ2) is 6.34. The van der Waals surface area contributed by atoms with Crippen LogP contribution in [0.4, 0.5) is 5.82 Å². The summed E-state index contributed by atoms with van der Waals surface area (Å²) in [5.74, 6) is 1.17. The fourth-order valence-electron chi connectivity index (χ4n) is 4.14. The Labute approximate surface area is 177 Å². The molecule has 29 heavy (non-hydrogen) atoms. The summed E-state index contributed by atoms with van der Waals surface area (Å²) >= 11 is 3.52. The molecule has 6 nitrogen and oxygen atoms in total. The highest BCUT2D eigenvalue weighted by Crippen LogP contribution is 2.58. The molecule has 8 heteroatoms. The van der Waals surface area contributed by atoms with Crippen LogP contribution in [-0.4, -0.2) is 20.7 Å². The number of halogens is 1. The van der Waals surface area contributed by atoms with Gasteiger partial charge in [-0.1, -0.05) is 33.2 Å². The lowest BCUT2D eigenvalue weighted by molar-refractivity contribution is 0.402. The van der Waals surface area contributed by atoms with E-state index in [1.807, 2.05) is 25.1 Å². The molecule has 1 spiro atoms. The zero-order valence-electron chi connectivity index (χ0n) is 16.0. The van der Waals surface area contributed by atoms with Crippen LogP contribution in [0, 0.1) is 6.92 Å². The summed E-state index contributed by atoms with van der Waals surface area (Å²) < 4.78 is 40.7. The van der Waals surface area contributed by atoms with Gasteiger partial charge in [-0.2, -0.15) is 0 Å². The van der Waals surface area contributed by atoms with E-state index in [1.54, 1.807) is 12.1 Å². The van der Waals surface area contributed by atoms with Crippen molar-refractivity contribution in [2.75, 3.05) is 11.8 Å². The molecule has 1 fully saturated rings. The van der Waals surface area contributed by atoms with Gasteiger partial charge in [0.15, 0.2) is 11.6 Å². The lowest BCUT2D eigenvalue weighted by atomic mass is 9.79. The Kier molecular flexibility index (Phi) is 4.08. The van der Waals surface area contributed by atoms with Crippen molar-refractivity contribution in [1.82, 2.24) is 5.16 Å². The number of nitrogens with one attached hydrogen (secondary N) is 1. The molecule has 2 aliphatic rings. The molecule has 0 saturated heterocycles. The van der Waals surface area contributed by atoms with Crippen molar-refractivity contribution >= 4 is 31.8 Å². The fraction of sp³-hybridized carbons (Fsp3) is 0.286. The van der Waals surface area contributed by atoms with Crippen LogP contribution in [-0.2, 0) is 21.9 Å². The molecule has 1 aromatic heterocycles. The molecule has 3 aromatic rings. The average Bonchev–Trinajstić information content (AvgIpc) is 3.35. The van der Waals surface area contributed by atoms with Gasteiger partial charge in [-0.25, -0.2) is 8.42 Å². The van der Waals surface area contributed by atoms with Gasteiger partial charge in [0.05, 0.1) is 7.11 Å². The average molecular weight is 475 g/mol. The molecule has 0 amide bonds. The van der Waals surface area contributed by atoms with Gasteiger partial charge < -0.3 is 9.26 Å². The van der Waals surface area contributed by atoms with Crippen molar-refractivity contribution < 1.29 is 17.7 Å². The first-order chi connectivity index (χ1) is 13.8.